The van der Waals surface area contributed by atoms with Gasteiger partial charge in [0, 0.05) is 10.9 Å². The molecule has 1 heterocycles. The molecule has 2 aromatic rings. The Morgan fingerprint density at radius 1 is 1.29 bits per heavy atom. The number of nitrogens with two attached hydrogens (primary N) is 1. The highest BCUT2D eigenvalue weighted by Crippen LogP contribution is 2.15. The molecule has 6 nitrogen and oxygen atoms in total. The highest BCUT2D eigenvalue weighted by molar-refractivity contribution is 6.00. The number of hydrogen-bond acceptors (Lipinski definition) is 3. The minimum absolute atomic E-state index is 0.260. The maximum Gasteiger partial charge on any atom is 0.268 e. The van der Waals surface area contributed by atoms with Crippen LogP contribution in [0.3, 0.4) is 0 Å². The highest BCUT2D eigenvalue weighted by Gasteiger charge is 2.22. The molecule has 0 fully saturated rings. The molecule has 0 saturated heterocycles. The number of amides is 2. The van der Waals surface area contributed by atoms with E-state index < -0.39 is 11.9 Å². The molecule has 112 valence electrons. The molecule has 2 amide bonds. The Hall–Kier alpha value is -2.34. The van der Waals surface area contributed by atoms with Crippen molar-refractivity contribution in [2.45, 2.75) is 26.3 Å². The fraction of sp³-hybridized carbons (Fsp3) is 0.333. The lowest BCUT2D eigenvalue weighted by molar-refractivity contribution is -0.123. The van der Waals surface area contributed by atoms with Gasteiger partial charge in [0.05, 0.1) is 0 Å². The van der Waals surface area contributed by atoms with Gasteiger partial charge in [-0.05, 0) is 24.5 Å². The Balaban J connectivity index is 2.15. The van der Waals surface area contributed by atoms with Gasteiger partial charge >= 0.3 is 0 Å². The summed E-state index contributed by atoms with van der Waals surface area (Å²) < 4.78 is 0. The number of benzene rings is 1. The summed E-state index contributed by atoms with van der Waals surface area (Å²) >= 11 is 0. The van der Waals surface area contributed by atoms with Crippen molar-refractivity contribution >= 4 is 22.7 Å². The van der Waals surface area contributed by atoms with Crippen LogP contribution in [0.1, 0.15) is 30.8 Å². The van der Waals surface area contributed by atoms with E-state index in [0.29, 0.717) is 12.1 Å². The van der Waals surface area contributed by atoms with E-state index >= 15 is 0 Å². The Morgan fingerprint density at radius 2 is 2.00 bits per heavy atom. The summed E-state index contributed by atoms with van der Waals surface area (Å²) in [5.74, 6) is 4.71. The smallest absolute Gasteiger partial charge is 0.268 e. The van der Waals surface area contributed by atoms with E-state index in [1.165, 1.54) is 0 Å². The molecule has 0 bridgehead atoms. The van der Waals surface area contributed by atoms with Crippen LogP contribution in [0.2, 0.25) is 0 Å². The maximum absolute atomic E-state index is 12.3. The molecule has 21 heavy (non-hydrogen) atoms. The molecule has 1 unspecified atom stereocenters. The van der Waals surface area contributed by atoms with Gasteiger partial charge in [-0.1, -0.05) is 32.0 Å². The standard InChI is InChI=1S/C15H20N4O2/c1-9(2)7-12(15(21)19-16)18-14(20)13-8-10-5-3-4-6-11(10)17-13/h3-6,8-9,12,17H,7,16H2,1-2H3,(H,18,20)(H,19,21). The number of para-hydroxylation sites is 1. The summed E-state index contributed by atoms with van der Waals surface area (Å²) in [5, 5.41) is 3.66. The van der Waals surface area contributed by atoms with Gasteiger partial charge in [-0.15, -0.1) is 0 Å². The number of H-pyrrole nitrogens is 1. The van der Waals surface area contributed by atoms with Crippen molar-refractivity contribution in [3.63, 3.8) is 0 Å². The van der Waals surface area contributed by atoms with Gasteiger partial charge in [-0.2, -0.15) is 0 Å². The summed E-state index contributed by atoms with van der Waals surface area (Å²) in [5.41, 5.74) is 3.40. The molecule has 0 aliphatic rings. The van der Waals surface area contributed by atoms with Crippen LogP contribution in [-0.2, 0) is 4.79 Å². The van der Waals surface area contributed by atoms with Crippen molar-refractivity contribution in [3.8, 4) is 0 Å². The van der Waals surface area contributed by atoms with Crippen molar-refractivity contribution < 1.29 is 9.59 Å². The van der Waals surface area contributed by atoms with Crippen LogP contribution < -0.4 is 16.6 Å². The first-order valence-corrected chi connectivity index (χ1v) is 6.90. The van der Waals surface area contributed by atoms with E-state index in [9.17, 15) is 9.59 Å². The second-order valence-electron chi connectivity index (χ2n) is 5.43. The molecule has 2 rings (SSSR count). The summed E-state index contributed by atoms with van der Waals surface area (Å²) in [6.45, 7) is 3.96. The van der Waals surface area contributed by atoms with E-state index in [1.54, 1.807) is 6.07 Å². The first kappa shape index (κ1) is 15.1. The molecule has 0 spiro atoms. The van der Waals surface area contributed by atoms with E-state index in [2.05, 4.69) is 15.7 Å². The molecule has 0 aliphatic carbocycles. The fourth-order valence-corrected chi connectivity index (χ4v) is 2.24. The SMILES string of the molecule is CC(C)CC(NC(=O)c1cc2ccccc2[nH]1)C(=O)NN. The third-order valence-electron chi connectivity index (χ3n) is 3.25. The lowest BCUT2D eigenvalue weighted by Gasteiger charge is -2.18. The van der Waals surface area contributed by atoms with Gasteiger partial charge in [0.2, 0.25) is 0 Å². The molecule has 1 aromatic heterocycles. The van der Waals surface area contributed by atoms with Crippen LogP contribution in [0.4, 0.5) is 0 Å². The van der Waals surface area contributed by atoms with E-state index in [0.717, 1.165) is 10.9 Å². The zero-order chi connectivity index (χ0) is 15.4. The van der Waals surface area contributed by atoms with E-state index in [-0.39, 0.29) is 11.8 Å². The Labute approximate surface area is 123 Å². The minimum atomic E-state index is -0.645. The quantitative estimate of drug-likeness (QED) is 0.379. The summed E-state index contributed by atoms with van der Waals surface area (Å²) in [6.07, 6.45) is 0.523. The van der Waals surface area contributed by atoms with Crippen LogP contribution >= 0.6 is 0 Å². The van der Waals surface area contributed by atoms with Crippen LogP contribution in [0.15, 0.2) is 30.3 Å². The van der Waals surface area contributed by atoms with Crippen molar-refractivity contribution in [2.24, 2.45) is 11.8 Å². The zero-order valence-electron chi connectivity index (χ0n) is 12.1. The number of rotatable bonds is 5. The predicted octanol–water partition coefficient (Wildman–Crippen LogP) is 1.30. The Kier molecular flexibility index (Phi) is 4.59. The number of nitrogens with one attached hydrogen (secondary N) is 3. The van der Waals surface area contributed by atoms with Crippen LogP contribution in [0, 0.1) is 5.92 Å². The molecule has 0 aliphatic heterocycles. The van der Waals surface area contributed by atoms with Crippen LogP contribution in [0.25, 0.3) is 10.9 Å². The number of carbonyl (C=O) groups excluding carboxylic acids is 2. The van der Waals surface area contributed by atoms with Crippen molar-refractivity contribution in [1.82, 2.24) is 15.7 Å². The molecule has 1 atom stereocenters. The monoisotopic (exact) mass is 288 g/mol. The number of aromatic amines is 1. The molecule has 0 saturated carbocycles. The second-order valence-corrected chi connectivity index (χ2v) is 5.43. The summed E-state index contributed by atoms with van der Waals surface area (Å²) in [7, 11) is 0. The molecule has 1 aromatic carbocycles. The minimum Gasteiger partial charge on any atom is -0.351 e. The van der Waals surface area contributed by atoms with E-state index in [4.69, 9.17) is 5.84 Å². The first-order chi connectivity index (χ1) is 10.0. The number of hydrazine groups is 1. The van der Waals surface area contributed by atoms with Gasteiger partial charge in [0.25, 0.3) is 11.8 Å². The number of fused-ring (bicyclic) bond motifs is 1. The number of carbonyl (C=O) groups is 2. The lowest BCUT2D eigenvalue weighted by atomic mass is 10.0. The first-order valence-electron chi connectivity index (χ1n) is 6.90. The number of aromatic nitrogens is 1. The number of hydrogen-bond donors (Lipinski definition) is 4. The van der Waals surface area contributed by atoms with Gasteiger partial charge in [0.1, 0.15) is 11.7 Å². The fourth-order valence-electron chi connectivity index (χ4n) is 2.24. The zero-order valence-corrected chi connectivity index (χ0v) is 12.1. The summed E-state index contributed by atoms with van der Waals surface area (Å²) in [4.78, 5) is 27.0. The molecule has 6 heteroatoms. The van der Waals surface area contributed by atoms with Crippen LogP contribution in [0.5, 0.6) is 0 Å². The average molecular weight is 288 g/mol. The Morgan fingerprint density at radius 3 is 2.62 bits per heavy atom. The van der Waals surface area contributed by atoms with Gasteiger partial charge < -0.3 is 10.3 Å². The van der Waals surface area contributed by atoms with Crippen molar-refractivity contribution in [1.29, 1.82) is 0 Å². The third kappa shape index (κ3) is 3.61. The van der Waals surface area contributed by atoms with Gasteiger partial charge in [0.15, 0.2) is 0 Å². The van der Waals surface area contributed by atoms with Crippen LogP contribution in [-0.4, -0.2) is 22.8 Å². The topological polar surface area (TPSA) is 100 Å². The highest BCUT2D eigenvalue weighted by atomic mass is 16.2. The van der Waals surface area contributed by atoms with E-state index in [1.807, 2.05) is 38.1 Å². The molecular weight excluding hydrogens is 268 g/mol. The lowest BCUT2D eigenvalue weighted by Crippen LogP contribution is -2.49. The van der Waals surface area contributed by atoms with Gasteiger partial charge in [-0.3, -0.25) is 15.0 Å². The molecular formula is C15H20N4O2. The summed E-state index contributed by atoms with van der Waals surface area (Å²) in [6, 6.07) is 8.72. The third-order valence-corrected chi connectivity index (χ3v) is 3.25. The Bertz CT molecular complexity index is 615. The second kappa shape index (κ2) is 6.41. The van der Waals surface area contributed by atoms with Gasteiger partial charge in [-0.25, -0.2) is 5.84 Å². The molecule has 5 N–H and O–H groups in total. The van der Waals surface area contributed by atoms with Crippen molar-refractivity contribution in [3.05, 3.63) is 36.0 Å². The average Bonchev–Trinajstić information content (AvgIpc) is 2.89. The normalized spacial score (nSPS) is 12.4. The predicted molar refractivity (Wildman–Crippen MR) is 81.3 cm³/mol. The maximum atomic E-state index is 12.3. The van der Waals surface area contributed by atoms with Crippen molar-refractivity contribution in [2.75, 3.05) is 0 Å². The largest absolute Gasteiger partial charge is 0.351 e. The molecule has 0 radical (unpaired) electrons.